The highest BCUT2D eigenvalue weighted by molar-refractivity contribution is 5.26. The van der Waals surface area contributed by atoms with Gasteiger partial charge in [-0.25, -0.2) is 0 Å². The minimum absolute atomic E-state index is 0.401. The molecule has 17 heavy (non-hydrogen) atoms. The van der Waals surface area contributed by atoms with Gasteiger partial charge in [0.25, 0.3) is 0 Å². The van der Waals surface area contributed by atoms with E-state index in [-0.39, 0.29) is 0 Å². The molecule has 1 aliphatic rings. The third-order valence-corrected chi connectivity index (χ3v) is 3.41. The smallest absolute Gasteiger partial charge is 0.0981 e. The number of hydrogen-bond acceptors (Lipinski definition) is 3. The Bertz CT molecular complexity index is 400. The zero-order valence-electron chi connectivity index (χ0n) is 10.6. The van der Waals surface area contributed by atoms with Gasteiger partial charge in [-0.2, -0.15) is 0 Å². The highest BCUT2D eigenvalue weighted by atomic mass is 15.4. The Kier molecular flexibility index (Phi) is 3.69. The van der Waals surface area contributed by atoms with Crippen LogP contribution in [0.4, 0.5) is 0 Å². The molecule has 0 bridgehead atoms. The fraction of sp³-hybridized carbons (Fsp3) is 0.429. The molecule has 1 atom stereocenters. The summed E-state index contributed by atoms with van der Waals surface area (Å²) in [5.74, 6) is 0. The van der Waals surface area contributed by atoms with Gasteiger partial charge in [0, 0.05) is 32.0 Å². The van der Waals surface area contributed by atoms with E-state index in [1.54, 1.807) is 0 Å². The molecule has 0 aromatic heterocycles. The van der Waals surface area contributed by atoms with Crippen LogP contribution in [0.5, 0.6) is 0 Å². The minimum atomic E-state index is 0.401. The predicted molar refractivity (Wildman–Crippen MR) is 71.1 cm³/mol. The van der Waals surface area contributed by atoms with E-state index < -0.39 is 0 Å². The summed E-state index contributed by atoms with van der Waals surface area (Å²) in [6.45, 7) is 6.96. The van der Waals surface area contributed by atoms with Gasteiger partial charge >= 0.3 is 0 Å². The largest absolute Gasteiger partial charge is 0.355 e. The number of rotatable bonds is 4. The first kappa shape index (κ1) is 12.0. The quantitative estimate of drug-likeness (QED) is 0.859. The van der Waals surface area contributed by atoms with Crippen LogP contribution in [0, 0.1) is 6.92 Å². The van der Waals surface area contributed by atoms with Crippen molar-refractivity contribution in [2.24, 2.45) is 5.73 Å². The summed E-state index contributed by atoms with van der Waals surface area (Å²) in [6, 6.07) is 8.55. The van der Waals surface area contributed by atoms with E-state index in [9.17, 15) is 0 Å². The first-order chi connectivity index (χ1) is 8.22. The summed E-state index contributed by atoms with van der Waals surface area (Å²) in [6.07, 6.45) is 4.70. The molecule has 1 heterocycles. The van der Waals surface area contributed by atoms with Gasteiger partial charge in [0.05, 0.1) is 6.17 Å². The Hall–Kier alpha value is -1.48. The average Bonchev–Trinajstić information content (AvgIpc) is 2.65. The Labute approximate surface area is 104 Å². The van der Waals surface area contributed by atoms with Crippen molar-refractivity contribution in [3.8, 4) is 0 Å². The molecule has 1 aromatic carbocycles. The summed E-state index contributed by atoms with van der Waals surface area (Å²) < 4.78 is 0. The molecule has 0 spiro atoms. The molecular weight excluding hydrogens is 210 g/mol. The van der Waals surface area contributed by atoms with E-state index in [0.29, 0.717) is 12.7 Å². The molecule has 3 heteroatoms. The van der Waals surface area contributed by atoms with Crippen molar-refractivity contribution < 1.29 is 0 Å². The zero-order valence-corrected chi connectivity index (χ0v) is 10.6. The van der Waals surface area contributed by atoms with E-state index >= 15 is 0 Å². The lowest BCUT2D eigenvalue weighted by Crippen LogP contribution is -2.38. The van der Waals surface area contributed by atoms with Crippen molar-refractivity contribution in [2.75, 3.05) is 13.1 Å². The molecule has 1 aromatic rings. The summed E-state index contributed by atoms with van der Waals surface area (Å²) in [5.41, 5.74) is 8.34. The molecule has 3 nitrogen and oxygen atoms in total. The second-order valence-electron chi connectivity index (χ2n) is 4.56. The van der Waals surface area contributed by atoms with Crippen molar-refractivity contribution in [3.63, 3.8) is 0 Å². The van der Waals surface area contributed by atoms with Gasteiger partial charge in [0.15, 0.2) is 0 Å². The number of aryl methyl sites for hydroxylation is 1. The fourth-order valence-electron chi connectivity index (χ4n) is 2.19. The summed E-state index contributed by atoms with van der Waals surface area (Å²) >= 11 is 0. The molecule has 92 valence electrons. The Balaban J connectivity index is 2.02. The Morgan fingerprint density at radius 1 is 1.18 bits per heavy atom. The van der Waals surface area contributed by atoms with Crippen LogP contribution in [-0.4, -0.2) is 29.1 Å². The third kappa shape index (κ3) is 2.61. The fourth-order valence-corrected chi connectivity index (χ4v) is 2.19. The van der Waals surface area contributed by atoms with Gasteiger partial charge in [-0.1, -0.05) is 24.3 Å². The summed E-state index contributed by atoms with van der Waals surface area (Å²) in [7, 11) is 0. The number of nitrogens with two attached hydrogens (primary N) is 1. The highest BCUT2D eigenvalue weighted by Crippen LogP contribution is 2.19. The Morgan fingerprint density at radius 3 is 2.59 bits per heavy atom. The van der Waals surface area contributed by atoms with Crippen LogP contribution in [0.25, 0.3) is 0 Å². The highest BCUT2D eigenvalue weighted by Gasteiger charge is 2.21. The molecule has 0 fully saturated rings. The lowest BCUT2D eigenvalue weighted by atomic mass is 10.1. The van der Waals surface area contributed by atoms with E-state index in [1.807, 2.05) is 0 Å². The van der Waals surface area contributed by atoms with E-state index in [4.69, 9.17) is 5.73 Å². The van der Waals surface area contributed by atoms with Gasteiger partial charge in [-0.3, -0.25) is 0 Å². The van der Waals surface area contributed by atoms with Crippen molar-refractivity contribution >= 4 is 0 Å². The SMILES string of the molecule is Cc1ccccc1CN1C=CN(CCN)[C@@H]1C. The van der Waals surface area contributed by atoms with E-state index in [1.165, 1.54) is 11.1 Å². The van der Waals surface area contributed by atoms with Crippen LogP contribution in [0.2, 0.25) is 0 Å². The maximum Gasteiger partial charge on any atom is 0.0981 e. The first-order valence-electron chi connectivity index (χ1n) is 6.17. The first-order valence-corrected chi connectivity index (χ1v) is 6.17. The number of benzene rings is 1. The normalized spacial score (nSPS) is 19.1. The molecule has 0 unspecified atom stereocenters. The standard InChI is InChI=1S/C14H21N3/c1-12-5-3-4-6-14(12)11-17-10-9-16(8-7-15)13(17)2/h3-6,9-10,13H,7-8,11,15H2,1-2H3/t13-/m0/s1. The lowest BCUT2D eigenvalue weighted by Gasteiger charge is -2.29. The van der Waals surface area contributed by atoms with Crippen molar-refractivity contribution in [2.45, 2.75) is 26.6 Å². The molecule has 0 saturated carbocycles. The Morgan fingerprint density at radius 2 is 1.88 bits per heavy atom. The van der Waals surface area contributed by atoms with Crippen molar-refractivity contribution in [1.29, 1.82) is 0 Å². The lowest BCUT2D eigenvalue weighted by molar-refractivity contribution is 0.167. The number of hydrogen-bond donors (Lipinski definition) is 1. The number of nitrogens with zero attached hydrogens (tertiary/aromatic N) is 2. The molecule has 0 radical (unpaired) electrons. The van der Waals surface area contributed by atoms with Gasteiger partial charge < -0.3 is 15.5 Å². The third-order valence-electron chi connectivity index (χ3n) is 3.41. The van der Waals surface area contributed by atoms with Crippen molar-refractivity contribution in [3.05, 3.63) is 47.8 Å². The summed E-state index contributed by atoms with van der Waals surface area (Å²) in [5, 5.41) is 0. The monoisotopic (exact) mass is 231 g/mol. The van der Waals surface area contributed by atoms with Gasteiger partial charge in [-0.05, 0) is 25.0 Å². The van der Waals surface area contributed by atoms with Crippen LogP contribution < -0.4 is 5.73 Å². The zero-order chi connectivity index (χ0) is 12.3. The molecule has 1 aliphatic heterocycles. The molecule has 0 saturated heterocycles. The molecule has 2 N–H and O–H groups in total. The summed E-state index contributed by atoms with van der Waals surface area (Å²) in [4.78, 5) is 4.62. The second kappa shape index (κ2) is 5.23. The maximum absolute atomic E-state index is 5.60. The van der Waals surface area contributed by atoms with Crippen LogP contribution in [0.1, 0.15) is 18.1 Å². The van der Waals surface area contributed by atoms with Crippen LogP contribution >= 0.6 is 0 Å². The predicted octanol–water partition coefficient (Wildman–Crippen LogP) is 1.89. The van der Waals surface area contributed by atoms with Crippen molar-refractivity contribution in [1.82, 2.24) is 9.80 Å². The minimum Gasteiger partial charge on any atom is -0.355 e. The van der Waals surface area contributed by atoms with E-state index in [0.717, 1.165) is 13.1 Å². The molecular formula is C14H21N3. The second-order valence-corrected chi connectivity index (χ2v) is 4.56. The van der Waals surface area contributed by atoms with Crippen LogP contribution in [0.3, 0.4) is 0 Å². The van der Waals surface area contributed by atoms with E-state index in [2.05, 4.69) is 60.3 Å². The van der Waals surface area contributed by atoms with Gasteiger partial charge in [0.1, 0.15) is 0 Å². The topological polar surface area (TPSA) is 32.5 Å². The van der Waals surface area contributed by atoms with Gasteiger partial charge in [-0.15, -0.1) is 0 Å². The maximum atomic E-state index is 5.60. The van der Waals surface area contributed by atoms with Gasteiger partial charge in [0.2, 0.25) is 0 Å². The molecule has 0 amide bonds. The van der Waals surface area contributed by atoms with Crippen LogP contribution in [0.15, 0.2) is 36.7 Å². The average molecular weight is 231 g/mol. The molecule has 0 aliphatic carbocycles. The molecule has 2 rings (SSSR count). The van der Waals surface area contributed by atoms with Crippen LogP contribution in [-0.2, 0) is 6.54 Å².